The molecule has 6 heteroatoms. The lowest BCUT2D eigenvalue weighted by Gasteiger charge is -2.45. The average molecular weight is 323 g/mol. The number of nitrogens with two attached hydrogens (primary N) is 1. The Morgan fingerprint density at radius 1 is 1.41 bits per heavy atom. The molecule has 1 aromatic rings. The van der Waals surface area contributed by atoms with E-state index in [0.717, 1.165) is 18.5 Å². The molecule has 3 rings (SSSR count). The fraction of sp³-hybridized carbons (Fsp3) is 0.750. The highest BCUT2D eigenvalue weighted by molar-refractivity contribution is 7.07. The Morgan fingerprint density at radius 3 is 2.68 bits per heavy atom. The predicted octanol–water partition coefficient (Wildman–Crippen LogP) is 1.63. The second-order valence-electron chi connectivity index (χ2n) is 6.82. The van der Waals surface area contributed by atoms with Crippen LogP contribution in [-0.4, -0.2) is 22.6 Å². The molecular weight excluding hydrogens is 298 g/mol. The van der Waals surface area contributed by atoms with E-state index in [1.54, 1.807) is 4.57 Å². The van der Waals surface area contributed by atoms with Crippen molar-refractivity contribution in [2.75, 3.05) is 0 Å². The molecule has 122 valence electrons. The zero-order valence-corrected chi connectivity index (χ0v) is 13.9. The maximum Gasteiger partial charge on any atom is 0.307 e. The lowest BCUT2D eigenvalue weighted by molar-refractivity contribution is -0.123. The summed E-state index contributed by atoms with van der Waals surface area (Å²) in [5, 5.41) is 5.08. The summed E-state index contributed by atoms with van der Waals surface area (Å²) in [6.07, 6.45) is 6.06. The van der Waals surface area contributed by atoms with Gasteiger partial charge in [0.25, 0.3) is 0 Å². The number of nitrogens with one attached hydrogen (secondary N) is 1. The molecule has 0 saturated heterocycles. The van der Waals surface area contributed by atoms with Crippen LogP contribution >= 0.6 is 11.3 Å². The highest BCUT2D eigenvalue weighted by atomic mass is 32.1. The maximum atomic E-state index is 12.3. The molecule has 2 unspecified atom stereocenters. The second kappa shape index (κ2) is 6.54. The first-order valence-electron chi connectivity index (χ1n) is 8.24. The summed E-state index contributed by atoms with van der Waals surface area (Å²) in [4.78, 5) is 24.0. The number of hydrogen-bond acceptors (Lipinski definition) is 4. The van der Waals surface area contributed by atoms with Crippen LogP contribution in [0.15, 0.2) is 10.2 Å². The van der Waals surface area contributed by atoms with E-state index in [1.165, 1.54) is 30.6 Å². The molecule has 0 aliphatic heterocycles. The minimum Gasteiger partial charge on any atom is -0.353 e. The Hall–Kier alpha value is -1.14. The van der Waals surface area contributed by atoms with Crippen LogP contribution in [-0.2, 0) is 11.3 Å². The van der Waals surface area contributed by atoms with Gasteiger partial charge in [-0.3, -0.25) is 9.59 Å². The fourth-order valence-electron chi connectivity index (χ4n) is 4.17. The van der Waals surface area contributed by atoms with Gasteiger partial charge in [-0.05, 0) is 44.4 Å². The molecule has 1 heterocycles. The van der Waals surface area contributed by atoms with Crippen LogP contribution in [0.3, 0.4) is 0 Å². The van der Waals surface area contributed by atoms with Gasteiger partial charge in [0.1, 0.15) is 0 Å². The van der Waals surface area contributed by atoms with E-state index in [0.29, 0.717) is 36.9 Å². The molecule has 0 aromatic carbocycles. The van der Waals surface area contributed by atoms with Gasteiger partial charge in [0, 0.05) is 36.1 Å². The van der Waals surface area contributed by atoms with Crippen LogP contribution in [0, 0.1) is 18.8 Å². The third kappa shape index (κ3) is 3.27. The van der Waals surface area contributed by atoms with E-state index in [2.05, 4.69) is 5.32 Å². The van der Waals surface area contributed by atoms with Crippen LogP contribution in [0.25, 0.3) is 0 Å². The summed E-state index contributed by atoms with van der Waals surface area (Å²) in [5.41, 5.74) is 7.06. The lowest BCUT2D eigenvalue weighted by Crippen LogP contribution is -2.53. The zero-order chi connectivity index (χ0) is 15.7. The average Bonchev–Trinajstić information content (AvgIpc) is 2.77. The van der Waals surface area contributed by atoms with Crippen LogP contribution in [0.5, 0.6) is 0 Å². The number of amides is 1. The summed E-state index contributed by atoms with van der Waals surface area (Å²) in [6.45, 7) is 2.38. The molecule has 0 radical (unpaired) electrons. The van der Waals surface area contributed by atoms with E-state index >= 15 is 0 Å². The van der Waals surface area contributed by atoms with Crippen LogP contribution in [0.1, 0.15) is 44.2 Å². The first-order valence-corrected chi connectivity index (χ1v) is 9.12. The maximum absolute atomic E-state index is 12.3. The molecule has 2 atom stereocenters. The number of hydrogen-bond donors (Lipinski definition) is 2. The van der Waals surface area contributed by atoms with Crippen molar-refractivity contribution in [2.45, 2.75) is 64.1 Å². The summed E-state index contributed by atoms with van der Waals surface area (Å²) < 4.78 is 1.68. The van der Waals surface area contributed by atoms with Gasteiger partial charge in [0.15, 0.2) is 0 Å². The van der Waals surface area contributed by atoms with Crippen molar-refractivity contribution >= 4 is 17.2 Å². The normalized spacial score (nSPS) is 31.0. The summed E-state index contributed by atoms with van der Waals surface area (Å²) in [7, 11) is 0. The van der Waals surface area contributed by atoms with Gasteiger partial charge in [-0.2, -0.15) is 0 Å². The number of aryl methyl sites for hydroxylation is 1. The monoisotopic (exact) mass is 323 g/mol. The van der Waals surface area contributed by atoms with E-state index in [9.17, 15) is 9.59 Å². The van der Waals surface area contributed by atoms with Crippen LogP contribution < -0.4 is 15.9 Å². The molecule has 1 amide bonds. The molecule has 3 N–H and O–H groups in total. The molecule has 5 nitrogen and oxygen atoms in total. The highest BCUT2D eigenvalue weighted by Crippen LogP contribution is 2.39. The van der Waals surface area contributed by atoms with Crippen molar-refractivity contribution in [3.8, 4) is 0 Å². The smallest absolute Gasteiger partial charge is 0.307 e. The molecule has 22 heavy (non-hydrogen) atoms. The summed E-state index contributed by atoms with van der Waals surface area (Å²) >= 11 is 1.19. The molecule has 0 spiro atoms. The number of carbonyl (C=O) groups excluding carboxylic acids is 1. The molecule has 2 bridgehead atoms. The standard InChI is InChI=1S/C16H25N3O2S/c1-10-9-22-16(21)19(10)6-5-14(20)18-15-11-3-2-4-12(15)8-13(17)7-11/h9,11-13,15H,2-8,17H2,1H3,(H,18,20). The summed E-state index contributed by atoms with van der Waals surface area (Å²) in [6, 6.07) is 0.594. The molecule has 2 fully saturated rings. The van der Waals surface area contributed by atoms with Gasteiger partial charge in [0.2, 0.25) is 5.91 Å². The number of rotatable bonds is 4. The van der Waals surface area contributed by atoms with Crippen molar-refractivity contribution in [1.29, 1.82) is 0 Å². The fourth-order valence-corrected chi connectivity index (χ4v) is 4.93. The Labute approximate surface area is 134 Å². The summed E-state index contributed by atoms with van der Waals surface area (Å²) in [5.74, 6) is 1.14. The molecule has 2 aliphatic carbocycles. The molecule has 2 saturated carbocycles. The van der Waals surface area contributed by atoms with Gasteiger partial charge in [-0.15, -0.1) is 0 Å². The molecule has 1 aromatic heterocycles. The molecular formula is C16H25N3O2S. The Morgan fingerprint density at radius 2 is 2.09 bits per heavy atom. The largest absolute Gasteiger partial charge is 0.353 e. The highest BCUT2D eigenvalue weighted by Gasteiger charge is 2.39. The van der Waals surface area contributed by atoms with Gasteiger partial charge in [-0.25, -0.2) is 0 Å². The van der Waals surface area contributed by atoms with E-state index < -0.39 is 0 Å². The van der Waals surface area contributed by atoms with Crippen molar-refractivity contribution in [1.82, 2.24) is 9.88 Å². The minimum absolute atomic E-state index is 0.0193. The number of thiazole rings is 1. The second-order valence-corrected chi connectivity index (χ2v) is 7.64. The Kier molecular flexibility index (Phi) is 4.68. The van der Waals surface area contributed by atoms with Crippen molar-refractivity contribution < 1.29 is 4.79 Å². The number of carbonyl (C=O) groups is 1. The van der Waals surface area contributed by atoms with Crippen LogP contribution in [0.2, 0.25) is 0 Å². The predicted molar refractivity (Wildman–Crippen MR) is 87.9 cm³/mol. The Balaban J connectivity index is 1.57. The van der Waals surface area contributed by atoms with Crippen LogP contribution in [0.4, 0.5) is 0 Å². The Bertz CT molecular complexity index is 580. The van der Waals surface area contributed by atoms with Gasteiger partial charge in [0.05, 0.1) is 0 Å². The van der Waals surface area contributed by atoms with E-state index in [4.69, 9.17) is 5.73 Å². The van der Waals surface area contributed by atoms with Gasteiger partial charge < -0.3 is 15.6 Å². The minimum atomic E-state index is 0.0193. The number of nitrogens with zero attached hydrogens (tertiary/aromatic N) is 1. The first kappa shape index (κ1) is 15.7. The third-order valence-electron chi connectivity index (χ3n) is 5.24. The lowest BCUT2D eigenvalue weighted by atomic mass is 9.67. The SMILES string of the molecule is Cc1csc(=O)n1CCC(=O)NC1C2CCCC1CC(N)C2. The molecule has 2 aliphatic rings. The zero-order valence-electron chi connectivity index (χ0n) is 13.1. The third-order valence-corrected chi connectivity index (χ3v) is 6.12. The quantitative estimate of drug-likeness (QED) is 0.884. The first-order chi connectivity index (χ1) is 10.5. The van der Waals surface area contributed by atoms with Crippen molar-refractivity contribution in [3.05, 3.63) is 20.7 Å². The number of fused-ring (bicyclic) bond motifs is 2. The van der Waals surface area contributed by atoms with Gasteiger partial charge >= 0.3 is 4.87 Å². The topological polar surface area (TPSA) is 77.1 Å². The van der Waals surface area contributed by atoms with Crippen molar-refractivity contribution in [2.24, 2.45) is 17.6 Å². The van der Waals surface area contributed by atoms with Crippen molar-refractivity contribution in [3.63, 3.8) is 0 Å². The van der Waals surface area contributed by atoms with E-state index in [-0.39, 0.29) is 10.8 Å². The number of aromatic nitrogens is 1. The van der Waals surface area contributed by atoms with E-state index in [1.807, 2.05) is 12.3 Å². The van der Waals surface area contributed by atoms with Gasteiger partial charge in [-0.1, -0.05) is 17.8 Å².